The number of benzene rings is 4. The van der Waals surface area contributed by atoms with Crippen molar-refractivity contribution in [3.63, 3.8) is 0 Å². The van der Waals surface area contributed by atoms with E-state index in [1.807, 2.05) is 54.6 Å². The molecule has 0 aliphatic rings. The first kappa shape index (κ1) is 35.3. The molecule has 246 valence electrons. The van der Waals surface area contributed by atoms with Gasteiger partial charge in [0.25, 0.3) is 0 Å². The van der Waals surface area contributed by atoms with Crippen molar-refractivity contribution in [2.75, 3.05) is 17.5 Å². The fourth-order valence-electron chi connectivity index (χ4n) is 5.50. The average Bonchev–Trinajstić information content (AvgIpc) is 3.06. The Morgan fingerprint density at radius 2 is 1.41 bits per heavy atom. The lowest BCUT2D eigenvalue weighted by Gasteiger charge is -2.35. The van der Waals surface area contributed by atoms with Crippen LogP contribution >= 0.6 is 0 Å². The summed E-state index contributed by atoms with van der Waals surface area (Å²) >= 11 is 0. The zero-order valence-corrected chi connectivity index (χ0v) is 28.7. The first-order valence-electron chi connectivity index (χ1n) is 15.7. The maximum atomic E-state index is 14.7. The van der Waals surface area contributed by atoms with Crippen LogP contribution in [0, 0.1) is 11.6 Å². The van der Waals surface area contributed by atoms with E-state index in [2.05, 4.69) is 30.8 Å². The van der Waals surface area contributed by atoms with Gasteiger partial charge in [-0.3, -0.25) is 4.72 Å². The fraction of sp³-hybridized carbons (Fsp3) is 0.333. The Morgan fingerprint density at radius 1 is 0.783 bits per heavy atom. The van der Waals surface area contributed by atoms with Crippen LogP contribution in [0.5, 0.6) is 5.75 Å². The third kappa shape index (κ3) is 10.2. The lowest BCUT2D eigenvalue weighted by molar-refractivity contribution is 0.181. The molecule has 0 spiro atoms. The summed E-state index contributed by atoms with van der Waals surface area (Å²) in [6, 6.07) is 31.4. The molecule has 0 fully saturated rings. The predicted octanol–water partition coefficient (Wildman–Crippen LogP) is 8.55. The van der Waals surface area contributed by atoms with Crippen LogP contribution < -0.4 is 14.8 Å². The Kier molecular flexibility index (Phi) is 12.5. The van der Waals surface area contributed by atoms with Gasteiger partial charge in [0.15, 0.2) is 8.32 Å². The number of sulfonamides is 1. The van der Waals surface area contributed by atoms with Gasteiger partial charge in [-0.25, -0.2) is 17.2 Å². The fourth-order valence-corrected chi connectivity index (χ4v) is 8.88. The van der Waals surface area contributed by atoms with Crippen molar-refractivity contribution in [3.8, 4) is 5.75 Å². The topological polar surface area (TPSA) is 76.7 Å². The third-order valence-corrected chi connectivity index (χ3v) is 13.7. The molecule has 0 radical (unpaired) electrons. The van der Waals surface area contributed by atoms with Gasteiger partial charge in [-0.05, 0) is 83.2 Å². The summed E-state index contributed by atoms with van der Waals surface area (Å²) in [4.78, 5) is 0. The number of rotatable bonds is 17. The standard InChI is InChI=1S/C36H44F2N2O4SSi/c1-5-46(6-2,7-3)44-36(30-17-22-33(38)35(24-30)40-45(4,41)42)25-39-34(23-27-13-18-31(37)19-14-27)29-15-20-32(21-16-29)43-26-28-11-9-8-10-12-28/h8-22,24,34,36,39-40H,5-7,23,25-26H2,1-4H3/t34-,36-/m0/s1. The Morgan fingerprint density at radius 3 is 2.02 bits per heavy atom. The first-order chi connectivity index (χ1) is 22.0. The molecule has 0 heterocycles. The summed E-state index contributed by atoms with van der Waals surface area (Å²) in [5.74, 6) is -0.206. The Bertz CT molecular complexity index is 1630. The molecule has 0 aromatic heterocycles. The quantitative estimate of drug-likeness (QED) is 0.111. The van der Waals surface area contributed by atoms with Gasteiger partial charge in [0, 0.05) is 12.6 Å². The highest BCUT2D eigenvalue weighted by atomic mass is 32.2. The van der Waals surface area contributed by atoms with E-state index in [1.54, 1.807) is 18.2 Å². The first-order valence-corrected chi connectivity index (χ1v) is 20.1. The van der Waals surface area contributed by atoms with Crippen LogP contribution in [0.1, 0.15) is 55.2 Å². The van der Waals surface area contributed by atoms with Crippen LogP contribution in [0.4, 0.5) is 14.5 Å². The lowest BCUT2D eigenvalue weighted by atomic mass is 9.98. The Labute approximate surface area is 273 Å². The van der Waals surface area contributed by atoms with Gasteiger partial charge in [-0.2, -0.15) is 0 Å². The summed E-state index contributed by atoms with van der Waals surface area (Å²) in [5, 5.41) is 3.68. The second-order valence-electron chi connectivity index (χ2n) is 11.6. The van der Waals surface area contributed by atoms with Gasteiger partial charge >= 0.3 is 0 Å². The van der Waals surface area contributed by atoms with Crippen LogP contribution in [0.15, 0.2) is 97.1 Å². The molecular weight excluding hydrogens is 623 g/mol. The van der Waals surface area contributed by atoms with E-state index in [-0.39, 0.29) is 17.5 Å². The molecule has 0 unspecified atom stereocenters. The highest BCUT2D eigenvalue weighted by Gasteiger charge is 2.33. The van der Waals surface area contributed by atoms with Gasteiger partial charge in [0.2, 0.25) is 10.0 Å². The van der Waals surface area contributed by atoms with Gasteiger partial charge in [-0.15, -0.1) is 0 Å². The normalized spacial score (nSPS) is 13.3. The summed E-state index contributed by atoms with van der Waals surface area (Å²) in [6.45, 7) is 7.27. The van der Waals surface area contributed by atoms with Crippen molar-refractivity contribution in [1.29, 1.82) is 0 Å². The van der Waals surface area contributed by atoms with Crippen LogP contribution in [0.25, 0.3) is 0 Å². The Hall–Kier alpha value is -3.57. The zero-order valence-electron chi connectivity index (χ0n) is 26.9. The molecule has 0 aliphatic heterocycles. The molecule has 0 bridgehead atoms. The van der Waals surface area contributed by atoms with E-state index in [9.17, 15) is 17.2 Å². The summed E-state index contributed by atoms with van der Waals surface area (Å²) in [6.07, 6.45) is 1.12. The number of hydrogen-bond acceptors (Lipinski definition) is 5. The van der Waals surface area contributed by atoms with Gasteiger partial charge in [0.1, 0.15) is 24.0 Å². The van der Waals surface area contributed by atoms with E-state index in [4.69, 9.17) is 9.16 Å². The van der Waals surface area contributed by atoms with E-state index < -0.39 is 30.3 Å². The summed E-state index contributed by atoms with van der Waals surface area (Å²) < 4.78 is 67.6. The van der Waals surface area contributed by atoms with Crippen LogP contribution in [-0.4, -0.2) is 29.5 Å². The molecule has 6 nitrogen and oxygen atoms in total. The lowest BCUT2D eigenvalue weighted by Crippen LogP contribution is -2.40. The van der Waals surface area contributed by atoms with Crippen molar-refractivity contribution in [1.82, 2.24) is 5.32 Å². The van der Waals surface area contributed by atoms with Crippen molar-refractivity contribution >= 4 is 24.0 Å². The monoisotopic (exact) mass is 666 g/mol. The smallest absolute Gasteiger partial charge is 0.229 e. The highest BCUT2D eigenvalue weighted by molar-refractivity contribution is 7.92. The molecule has 4 aromatic rings. The van der Waals surface area contributed by atoms with Crippen LogP contribution in [0.3, 0.4) is 0 Å². The van der Waals surface area contributed by atoms with Gasteiger partial charge < -0.3 is 14.5 Å². The second kappa shape index (κ2) is 16.3. The molecule has 2 atom stereocenters. The summed E-state index contributed by atoms with van der Waals surface area (Å²) in [5.41, 5.74) is 3.62. The second-order valence-corrected chi connectivity index (χ2v) is 18.1. The molecule has 46 heavy (non-hydrogen) atoms. The minimum absolute atomic E-state index is 0.112. The number of nitrogens with one attached hydrogen (secondary N) is 2. The number of hydrogen-bond donors (Lipinski definition) is 2. The minimum Gasteiger partial charge on any atom is -0.489 e. The zero-order chi connectivity index (χ0) is 33.2. The molecular formula is C36H44F2N2O4SSi. The molecule has 2 N–H and O–H groups in total. The largest absolute Gasteiger partial charge is 0.489 e. The van der Waals surface area contributed by atoms with Gasteiger partial charge in [-0.1, -0.05) is 81.4 Å². The molecule has 0 saturated carbocycles. The van der Waals surface area contributed by atoms with Crippen LogP contribution in [-0.2, 0) is 27.5 Å². The third-order valence-electron chi connectivity index (χ3n) is 8.42. The molecule has 10 heteroatoms. The van der Waals surface area contributed by atoms with Crippen molar-refractivity contribution in [3.05, 3.63) is 131 Å². The molecule has 4 rings (SSSR count). The van der Waals surface area contributed by atoms with E-state index in [0.29, 0.717) is 25.1 Å². The summed E-state index contributed by atoms with van der Waals surface area (Å²) in [7, 11) is -5.84. The highest BCUT2D eigenvalue weighted by Crippen LogP contribution is 2.32. The SMILES string of the molecule is CC[Si](CC)(CC)O[C@@H](CN[C@@H](Cc1ccc(F)cc1)c1ccc(OCc2ccccc2)cc1)c1ccc(F)c(NS(C)(=O)=O)c1. The minimum atomic E-state index is -3.69. The van der Waals surface area contributed by atoms with Crippen molar-refractivity contribution in [2.24, 2.45) is 0 Å². The molecule has 0 saturated heterocycles. The average molecular weight is 667 g/mol. The predicted molar refractivity (Wildman–Crippen MR) is 184 cm³/mol. The van der Waals surface area contributed by atoms with Crippen molar-refractivity contribution in [2.45, 2.75) is 64.1 Å². The maximum absolute atomic E-state index is 14.7. The van der Waals surface area contributed by atoms with E-state index in [1.165, 1.54) is 24.3 Å². The number of halogens is 2. The Balaban J connectivity index is 1.62. The van der Waals surface area contributed by atoms with Crippen molar-refractivity contribution < 1.29 is 26.4 Å². The number of anilines is 1. The van der Waals surface area contributed by atoms with E-state index >= 15 is 0 Å². The van der Waals surface area contributed by atoms with Gasteiger partial charge in [0.05, 0.1) is 18.0 Å². The van der Waals surface area contributed by atoms with E-state index in [0.717, 1.165) is 46.8 Å². The molecule has 0 amide bonds. The molecule has 0 aliphatic carbocycles. The maximum Gasteiger partial charge on any atom is 0.229 e. The number of ether oxygens (including phenoxy) is 1. The molecule has 4 aromatic carbocycles. The van der Waals surface area contributed by atoms with Crippen LogP contribution in [0.2, 0.25) is 18.1 Å².